The SMILES string of the molecule is Cc1ccc(NS(=O)(=O)CC(C)(C)C)cc1C#CCCO. The predicted octanol–water partition coefficient (Wildman–Crippen LogP) is 2.52. The molecule has 0 aliphatic carbocycles. The lowest BCUT2D eigenvalue weighted by atomic mass is 10.0. The van der Waals surface area contributed by atoms with Crippen LogP contribution in [0.3, 0.4) is 0 Å². The molecule has 116 valence electrons. The van der Waals surface area contributed by atoms with Crippen LogP contribution >= 0.6 is 0 Å². The third-order valence-corrected chi connectivity index (χ3v) is 4.39. The van der Waals surface area contributed by atoms with Gasteiger partial charge in [0.05, 0.1) is 12.4 Å². The van der Waals surface area contributed by atoms with Crippen LogP contribution in [0.2, 0.25) is 0 Å². The van der Waals surface area contributed by atoms with E-state index in [9.17, 15) is 8.42 Å². The molecule has 21 heavy (non-hydrogen) atoms. The van der Waals surface area contributed by atoms with E-state index in [-0.39, 0.29) is 17.8 Å². The molecular formula is C16H23NO3S. The Hall–Kier alpha value is -1.51. The first-order valence-electron chi connectivity index (χ1n) is 6.84. The maximum absolute atomic E-state index is 12.1. The molecule has 0 saturated heterocycles. The minimum Gasteiger partial charge on any atom is -0.395 e. The molecule has 1 aromatic rings. The van der Waals surface area contributed by atoms with E-state index in [2.05, 4.69) is 16.6 Å². The summed E-state index contributed by atoms with van der Waals surface area (Å²) in [5.74, 6) is 5.84. The minimum absolute atomic E-state index is 0.0178. The van der Waals surface area contributed by atoms with Crippen LogP contribution in [0.25, 0.3) is 0 Å². The second-order valence-corrected chi connectivity index (χ2v) is 7.95. The summed E-state index contributed by atoms with van der Waals surface area (Å²) >= 11 is 0. The molecule has 4 nitrogen and oxygen atoms in total. The molecule has 0 spiro atoms. The summed E-state index contributed by atoms with van der Waals surface area (Å²) < 4.78 is 26.8. The van der Waals surface area contributed by atoms with E-state index in [1.807, 2.05) is 33.8 Å². The van der Waals surface area contributed by atoms with Gasteiger partial charge in [-0.05, 0) is 30.0 Å². The molecule has 0 atom stereocenters. The van der Waals surface area contributed by atoms with Gasteiger partial charge >= 0.3 is 0 Å². The molecule has 0 saturated carbocycles. The summed E-state index contributed by atoms with van der Waals surface area (Å²) in [6.07, 6.45) is 0.402. The van der Waals surface area contributed by atoms with Crippen LogP contribution in [0.1, 0.15) is 38.3 Å². The van der Waals surface area contributed by atoms with Gasteiger partial charge in [-0.2, -0.15) is 0 Å². The van der Waals surface area contributed by atoms with E-state index in [4.69, 9.17) is 5.11 Å². The second-order valence-electron chi connectivity index (χ2n) is 6.23. The highest BCUT2D eigenvalue weighted by Crippen LogP contribution is 2.20. The molecule has 0 fully saturated rings. The fraction of sp³-hybridized carbons (Fsp3) is 0.500. The van der Waals surface area contributed by atoms with Crippen molar-refractivity contribution in [2.45, 2.75) is 34.1 Å². The largest absolute Gasteiger partial charge is 0.395 e. The number of sulfonamides is 1. The molecule has 0 amide bonds. The Morgan fingerprint density at radius 1 is 1.29 bits per heavy atom. The second kappa shape index (κ2) is 6.97. The van der Waals surface area contributed by atoms with Gasteiger partial charge in [0.1, 0.15) is 0 Å². The highest BCUT2D eigenvalue weighted by Gasteiger charge is 2.21. The topological polar surface area (TPSA) is 66.4 Å². The molecule has 0 radical (unpaired) electrons. The first-order chi connectivity index (χ1) is 9.63. The zero-order chi connectivity index (χ0) is 16.1. The lowest BCUT2D eigenvalue weighted by molar-refractivity contribution is 0.305. The molecule has 0 heterocycles. The highest BCUT2D eigenvalue weighted by atomic mass is 32.2. The molecule has 1 aromatic carbocycles. The number of benzene rings is 1. The van der Waals surface area contributed by atoms with Crippen molar-refractivity contribution in [3.8, 4) is 11.8 Å². The molecule has 0 unspecified atom stereocenters. The Labute approximate surface area is 127 Å². The smallest absolute Gasteiger partial charge is 0.233 e. The fourth-order valence-corrected chi connectivity index (χ4v) is 3.52. The number of anilines is 1. The molecule has 1 rings (SSSR count). The molecule has 0 aromatic heterocycles. The maximum Gasteiger partial charge on any atom is 0.233 e. The van der Waals surface area contributed by atoms with Gasteiger partial charge in [-0.15, -0.1) is 0 Å². The van der Waals surface area contributed by atoms with E-state index in [0.29, 0.717) is 12.1 Å². The van der Waals surface area contributed by atoms with Gasteiger partial charge in [0.25, 0.3) is 0 Å². The number of rotatable bonds is 4. The van der Waals surface area contributed by atoms with Gasteiger partial charge in [0, 0.05) is 17.7 Å². The van der Waals surface area contributed by atoms with E-state index >= 15 is 0 Å². The zero-order valence-corrected chi connectivity index (χ0v) is 13.8. The van der Waals surface area contributed by atoms with Gasteiger partial charge in [0.15, 0.2) is 0 Å². The number of nitrogens with one attached hydrogen (secondary N) is 1. The highest BCUT2D eigenvalue weighted by molar-refractivity contribution is 7.92. The predicted molar refractivity (Wildman–Crippen MR) is 86.6 cm³/mol. The van der Waals surface area contributed by atoms with Crippen molar-refractivity contribution >= 4 is 15.7 Å². The van der Waals surface area contributed by atoms with Gasteiger partial charge in [0.2, 0.25) is 10.0 Å². The number of aliphatic hydroxyl groups is 1. The van der Waals surface area contributed by atoms with Crippen LogP contribution in [0.15, 0.2) is 18.2 Å². The van der Waals surface area contributed by atoms with Crippen molar-refractivity contribution in [1.29, 1.82) is 0 Å². The Morgan fingerprint density at radius 2 is 1.95 bits per heavy atom. The summed E-state index contributed by atoms with van der Waals surface area (Å²) in [7, 11) is -3.39. The fourth-order valence-electron chi connectivity index (χ4n) is 1.82. The quantitative estimate of drug-likeness (QED) is 0.840. The molecule has 2 N–H and O–H groups in total. The van der Waals surface area contributed by atoms with Crippen molar-refractivity contribution in [2.75, 3.05) is 17.1 Å². The van der Waals surface area contributed by atoms with Gasteiger partial charge in [-0.3, -0.25) is 4.72 Å². The van der Waals surface area contributed by atoms with Crippen LogP contribution in [-0.2, 0) is 10.0 Å². The standard InChI is InChI=1S/C16H23NO3S/c1-13-8-9-15(11-14(13)7-5-6-10-18)17-21(19,20)12-16(2,3)4/h8-9,11,17-18H,6,10,12H2,1-4H3. The van der Waals surface area contributed by atoms with Gasteiger partial charge in [-0.1, -0.05) is 38.7 Å². The summed E-state index contributed by atoms with van der Waals surface area (Å²) in [5.41, 5.74) is 1.94. The van der Waals surface area contributed by atoms with Crippen LogP contribution < -0.4 is 4.72 Å². The maximum atomic E-state index is 12.1. The van der Waals surface area contributed by atoms with Crippen molar-refractivity contribution in [2.24, 2.45) is 5.41 Å². The van der Waals surface area contributed by atoms with Gasteiger partial charge in [-0.25, -0.2) is 8.42 Å². The molecule has 0 bridgehead atoms. The average molecular weight is 309 g/mol. The number of aryl methyl sites for hydroxylation is 1. The normalized spacial score (nSPS) is 11.7. The third kappa shape index (κ3) is 6.65. The van der Waals surface area contributed by atoms with Crippen LogP contribution in [0.4, 0.5) is 5.69 Å². The lowest BCUT2D eigenvalue weighted by Crippen LogP contribution is -2.26. The summed E-state index contributed by atoms with van der Waals surface area (Å²) in [6.45, 7) is 7.58. The average Bonchev–Trinajstić information content (AvgIpc) is 2.30. The van der Waals surface area contributed by atoms with E-state index < -0.39 is 10.0 Å². The Bertz CT molecular complexity index is 646. The molecular weight excluding hydrogens is 286 g/mol. The first-order valence-corrected chi connectivity index (χ1v) is 8.49. The Morgan fingerprint density at radius 3 is 2.52 bits per heavy atom. The van der Waals surface area contributed by atoms with E-state index in [0.717, 1.165) is 11.1 Å². The monoisotopic (exact) mass is 309 g/mol. The molecule has 0 aliphatic rings. The minimum atomic E-state index is -3.39. The third-order valence-electron chi connectivity index (χ3n) is 2.59. The summed E-state index contributed by atoms with van der Waals surface area (Å²) in [5, 5.41) is 8.73. The number of hydrogen-bond donors (Lipinski definition) is 2. The Kier molecular flexibility index (Phi) is 5.82. The van der Waals surface area contributed by atoms with E-state index in [1.165, 1.54) is 0 Å². The number of hydrogen-bond acceptors (Lipinski definition) is 3. The Balaban J connectivity index is 2.96. The van der Waals surface area contributed by atoms with E-state index in [1.54, 1.807) is 12.1 Å². The van der Waals surface area contributed by atoms with Crippen molar-refractivity contribution in [1.82, 2.24) is 0 Å². The summed E-state index contributed by atoms with van der Waals surface area (Å²) in [6, 6.07) is 5.28. The van der Waals surface area contributed by atoms with Crippen LogP contribution in [0, 0.1) is 24.2 Å². The lowest BCUT2D eigenvalue weighted by Gasteiger charge is -2.19. The van der Waals surface area contributed by atoms with Crippen molar-refractivity contribution in [3.63, 3.8) is 0 Å². The first kappa shape index (κ1) is 17.5. The van der Waals surface area contributed by atoms with Crippen molar-refractivity contribution < 1.29 is 13.5 Å². The molecule has 0 aliphatic heterocycles. The van der Waals surface area contributed by atoms with Crippen LogP contribution in [-0.4, -0.2) is 25.9 Å². The van der Waals surface area contributed by atoms with Crippen molar-refractivity contribution in [3.05, 3.63) is 29.3 Å². The molecule has 5 heteroatoms. The van der Waals surface area contributed by atoms with Crippen LogP contribution in [0.5, 0.6) is 0 Å². The zero-order valence-electron chi connectivity index (χ0n) is 13.0. The number of aliphatic hydroxyl groups excluding tert-OH is 1. The van der Waals surface area contributed by atoms with Gasteiger partial charge < -0.3 is 5.11 Å². The summed E-state index contributed by atoms with van der Waals surface area (Å²) in [4.78, 5) is 0.